The minimum Gasteiger partial charge on any atom is -0.346 e. The second-order valence-corrected chi connectivity index (χ2v) is 7.27. The molecule has 2 aromatic rings. The average Bonchev–Trinajstić information content (AvgIpc) is 3.10. The first kappa shape index (κ1) is 17.2. The fourth-order valence-electron chi connectivity index (χ4n) is 2.91. The van der Waals surface area contributed by atoms with E-state index in [1.807, 2.05) is 24.3 Å². The molecule has 1 fully saturated rings. The number of nitrogens with one attached hydrogen (secondary N) is 3. The second-order valence-electron chi connectivity index (χ2n) is 6.35. The van der Waals surface area contributed by atoms with Gasteiger partial charge in [-0.25, -0.2) is 0 Å². The number of hydrogen-bond acceptors (Lipinski definition) is 4. The fraction of sp³-hybridized carbons (Fsp3) is 0.316. The van der Waals surface area contributed by atoms with Crippen molar-refractivity contribution >= 4 is 23.1 Å². The Morgan fingerprint density at radius 1 is 1.36 bits per heavy atom. The van der Waals surface area contributed by atoms with Crippen molar-refractivity contribution in [3.05, 3.63) is 46.2 Å². The van der Waals surface area contributed by atoms with Gasteiger partial charge in [-0.1, -0.05) is 19.1 Å². The first-order valence-electron chi connectivity index (χ1n) is 8.30. The molecule has 0 amide bonds. The van der Waals surface area contributed by atoms with E-state index in [0.29, 0.717) is 12.0 Å². The molecular formula is C19H21N5S. The number of aliphatic imine (C=N–C) groups is 1. The molecule has 1 aliphatic rings. The van der Waals surface area contributed by atoms with E-state index in [2.05, 4.69) is 47.0 Å². The van der Waals surface area contributed by atoms with Crippen molar-refractivity contribution in [1.82, 2.24) is 10.6 Å². The molecule has 1 aliphatic heterocycles. The number of hydrogen-bond donors (Lipinski definition) is 3. The Bertz CT molecular complexity index is 861. The van der Waals surface area contributed by atoms with Gasteiger partial charge in [0.25, 0.3) is 0 Å². The first-order valence-corrected chi connectivity index (χ1v) is 9.18. The summed E-state index contributed by atoms with van der Waals surface area (Å²) in [5, 5.41) is 25.5. The summed E-state index contributed by atoms with van der Waals surface area (Å²) in [6.07, 6.45) is 1.70. The lowest BCUT2D eigenvalue weighted by atomic mass is 9.92. The molecule has 6 heteroatoms. The van der Waals surface area contributed by atoms with Crippen molar-refractivity contribution < 1.29 is 0 Å². The van der Waals surface area contributed by atoms with Gasteiger partial charge in [0.05, 0.1) is 17.2 Å². The molecule has 0 radical (unpaired) electrons. The van der Waals surface area contributed by atoms with E-state index in [0.717, 1.165) is 34.8 Å². The Morgan fingerprint density at radius 2 is 2.20 bits per heavy atom. The SMILES string of the molecule is CCC/N=C1/C[C@](C)(c2cc(-c3cccc(C#N)c3)cs2)NC(=N)N1. The van der Waals surface area contributed by atoms with E-state index < -0.39 is 0 Å². The highest BCUT2D eigenvalue weighted by Crippen LogP contribution is 2.35. The van der Waals surface area contributed by atoms with Crippen LogP contribution in [0.5, 0.6) is 0 Å². The third kappa shape index (κ3) is 3.72. The van der Waals surface area contributed by atoms with E-state index in [1.54, 1.807) is 11.3 Å². The highest BCUT2D eigenvalue weighted by molar-refractivity contribution is 7.10. The molecule has 128 valence electrons. The van der Waals surface area contributed by atoms with Crippen LogP contribution in [0.2, 0.25) is 0 Å². The van der Waals surface area contributed by atoms with Crippen LogP contribution in [0, 0.1) is 16.7 Å². The van der Waals surface area contributed by atoms with Gasteiger partial charge in [0, 0.05) is 17.8 Å². The average molecular weight is 351 g/mol. The largest absolute Gasteiger partial charge is 0.346 e. The van der Waals surface area contributed by atoms with E-state index in [9.17, 15) is 0 Å². The van der Waals surface area contributed by atoms with Gasteiger partial charge in [-0.05, 0) is 48.1 Å². The molecular weight excluding hydrogens is 330 g/mol. The van der Waals surface area contributed by atoms with Crippen LogP contribution in [0.15, 0.2) is 40.7 Å². The normalized spacial score (nSPS) is 21.5. The lowest BCUT2D eigenvalue weighted by molar-refractivity contribution is 0.440. The number of guanidine groups is 1. The number of benzene rings is 1. The Hall–Kier alpha value is -2.65. The summed E-state index contributed by atoms with van der Waals surface area (Å²) in [4.78, 5) is 5.71. The molecule has 1 aromatic carbocycles. The van der Waals surface area contributed by atoms with Crippen LogP contribution in [-0.2, 0) is 5.54 Å². The van der Waals surface area contributed by atoms with Crippen molar-refractivity contribution in [2.45, 2.75) is 32.2 Å². The van der Waals surface area contributed by atoms with Gasteiger partial charge in [0.2, 0.25) is 0 Å². The second kappa shape index (κ2) is 7.08. The van der Waals surface area contributed by atoms with Crippen molar-refractivity contribution in [1.29, 1.82) is 10.7 Å². The van der Waals surface area contributed by atoms with E-state index >= 15 is 0 Å². The summed E-state index contributed by atoms with van der Waals surface area (Å²) in [6.45, 7) is 4.96. The van der Waals surface area contributed by atoms with Gasteiger partial charge in [-0.3, -0.25) is 10.4 Å². The summed E-state index contributed by atoms with van der Waals surface area (Å²) in [6, 6.07) is 12.0. The van der Waals surface area contributed by atoms with E-state index in [1.165, 1.54) is 0 Å². The quantitative estimate of drug-likeness (QED) is 0.783. The molecule has 0 unspecified atom stereocenters. The van der Waals surface area contributed by atoms with Crippen LogP contribution in [0.4, 0.5) is 0 Å². The predicted molar refractivity (Wildman–Crippen MR) is 103 cm³/mol. The molecule has 0 saturated carbocycles. The maximum atomic E-state index is 9.09. The summed E-state index contributed by atoms with van der Waals surface area (Å²) < 4.78 is 0. The number of nitrogens with zero attached hydrogens (tertiary/aromatic N) is 2. The van der Waals surface area contributed by atoms with Crippen LogP contribution in [0.3, 0.4) is 0 Å². The fourth-order valence-corrected chi connectivity index (χ4v) is 3.95. The molecule has 1 aromatic heterocycles. The topological polar surface area (TPSA) is 84.1 Å². The van der Waals surface area contributed by atoms with Crippen LogP contribution >= 0.6 is 11.3 Å². The molecule has 5 nitrogen and oxygen atoms in total. The summed E-state index contributed by atoms with van der Waals surface area (Å²) >= 11 is 1.67. The Morgan fingerprint density at radius 3 is 2.96 bits per heavy atom. The van der Waals surface area contributed by atoms with Gasteiger partial charge >= 0.3 is 0 Å². The standard InChI is InChI=1S/C19H21N5S/c1-3-7-22-17-10-19(2,24-18(21)23-17)16-9-15(12-25-16)14-6-4-5-13(8-14)11-20/h4-6,8-9,12H,3,7,10H2,1-2H3,(H3,21,22,23,24)/t19-/m1/s1. The zero-order valence-electron chi connectivity index (χ0n) is 14.4. The van der Waals surface area contributed by atoms with Gasteiger partial charge in [-0.15, -0.1) is 11.3 Å². The molecule has 1 saturated heterocycles. The minimum absolute atomic E-state index is 0.282. The van der Waals surface area contributed by atoms with E-state index in [-0.39, 0.29) is 11.5 Å². The molecule has 1 atom stereocenters. The van der Waals surface area contributed by atoms with Crippen LogP contribution in [0.25, 0.3) is 11.1 Å². The van der Waals surface area contributed by atoms with Gasteiger partial charge in [0.15, 0.2) is 5.96 Å². The highest BCUT2D eigenvalue weighted by Gasteiger charge is 2.35. The molecule has 25 heavy (non-hydrogen) atoms. The van der Waals surface area contributed by atoms with Crippen molar-refractivity contribution in [3.8, 4) is 17.2 Å². The monoisotopic (exact) mass is 351 g/mol. The number of nitriles is 1. The van der Waals surface area contributed by atoms with Crippen molar-refractivity contribution in [2.75, 3.05) is 6.54 Å². The van der Waals surface area contributed by atoms with Crippen LogP contribution in [-0.4, -0.2) is 18.3 Å². The molecule has 2 heterocycles. The third-order valence-corrected chi connectivity index (χ3v) is 5.38. The van der Waals surface area contributed by atoms with Crippen molar-refractivity contribution in [3.63, 3.8) is 0 Å². The Balaban J connectivity index is 1.90. The molecule has 3 N–H and O–H groups in total. The summed E-state index contributed by atoms with van der Waals surface area (Å²) in [7, 11) is 0. The molecule has 3 rings (SSSR count). The van der Waals surface area contributed by atoms with Gasteiger partial charge in [0.1, 0.15) is 5.84 Å². The van der Waals surface area contributed by atoms with Gasteiger partial charge < -0.3 is 10.6 Å². The maximum Gasteiger partial charge on any atom is 0.194 e. The van der Waals surface area contributed by atoms with Gasteiger partial charge in [-0.2, -0.15) is 5.26 Å². The van der Waals surface area contributed by atoms with Crippen LogP contribution in [0.1, 0.15) is 37.1 Å². The Kier molecular flexibility index (Phi) is 4.86. The number of rotatable bonds is 4. The van der Waals surface area contributed by atoms with Crippen molar-refractivity contribution in [2.24, 2.45) is 4.99 Å². The Labute approximate surface area is 151 Å². The summed E-state index contributed by atoms with van der Waals surface area (Å²) in [5.41, 5.74) is 2.43. The minimum atomic E-state index is -0.356. The van der Waals surface area contributed by atoms with Crippen LogP contribution < -0.4 is 10.6 Å². The number of amidine groups is 1. The zero-order valence-corrected chi connectivity index (χ0v) is 15.2. The third-order valence-electron chi connectivity index (χ3n) is 4.19. The lowest BCUT2D eigenvalue weighted by Crippen LogP contribution is -2.57. The van der Waals surface area contributed by atoms with E-state index in [4.69, 9.17) is 10.7 Å². The summed E-state index contributed by atoms with van der Waals surface area (Å²) in [5.74, 6) is 1.14. The lowest BCUT2D eigenvalue weighted by Gasteiger charge is -2.36. The molecule has 0 bridgehead atoms. The zero-order chi connectivity index (χ0) is 17.9. The highest BCUT2D eigenvalue weighted by atomic mass is 32.1. The smallest absolute Gasteiger partial charge is 0.194 e. The maximum absolute atomic E-state index is 9.09. The number of thiophene rings is 1. The molecule has 0 spiro atoms. The first-order chi connectivity index (χ1) is 12.0. The molecule has 0 aliphatic carbocycles. The predicted octanol–water partition coefficient (Wildman–Crippen LogP) is 3.83.